The lowest BCUT2D eigenvalue weighted by Gasteiger charge is -2.26. The summed E-state index contributed by atoms with van der Waals surface area (Å²) in [6.45, 7) is 5.02. The van der Waals surface area contributed by atoms with Crippen molar-refractivity contribution in [1.82, 2.24) is 15.1 Å². The number of para-hydroxylation sites is 1. The summed E-state index contributed by atoms with van der Waals surface area (Å²) in [6, 6.07) is 13.0. The van der Waals surface area contributed by atoms with E-state index < -0.39 is 9.84 Å². The van der Waals surface area contributed by atoms with Gasteiger partial charge in [0.15, 0.2) is 21.3 Å². The van der Waals surface area contributed by atoms with Crippen LogP contribution in [-0.4, -0.2) is 60.1 Å². The molecule has 0 aliphatic carbocycles. The number of anilines is 2. The molecule has 3 rings (SSSR count). The smallest absolute Gasteiger partial charge is 0.274 e. The Hall–Kier alpha value is -2.48. The zero-order valence-electron chi connectivity index (χ0n) is 15.6. The zero-order chi connectivity index (χ0) is 19.4. The quantitative estimate of drug-likeness (QED) is 0.755. The molecule has 1 aliphatic heterocycles. The summed E-state index contributed by atoms with van der Waals surface area (Å²) in [6.07, 6.45) is 0.477. The molecule has 1 saturated heterocycles. The number of rotatable bonds is 6. The van der Waals surface area contributed by atoms with Gasteiger partial charge in [-0.25, -0.2) is 8.42 Å². The molecule has 0 radical (unpaired) electrons. The van der Waals surface area contributed by atoms with E-state index in [1.54, 1.807) is 17.0 Å². The Morgan fingerprint density at radius 1 is 1.07 bits per heavy atom. The molecule has 1 aromatic carbocycles. The summed E-state index contributed by atoms with van der Waals surface area (Å²) in [5.41, 5.74) is 1.23. The molecule has 0 saturated carbocycles. The molecule has 0 bridgehead atoms. The number of hydrogen-bond acceptors (Lipinski definition) is 6. The van der Waals surface area contributed by atoms with E-state index in [1.165, 1.54) is 0 Å². The van der Waals surface area contributed by atoms with Crippen molar-refractivity contribution < 1.29 is 13.2 Å². The van der Waals surface area contributed by atoms with Crippen molar-refractivity contribution in [2.24, 2.45) is 0 Å². The lowest BCUT2D eigenvalue weighted by atomic mass is 10.2. The molecule has 1 atom stereocenters. The first-order valence-corrected chi connectivity index (χ1v) is 10.9. The monoisotopic (exact) mass is 388 g/mol. The summed E-state index contributed by atoms with van der Waals surface area (Å²) in [5.74, 6) is 0.540. The third kappa shape index (κ3) is 4.27. The second-order valence-corrected chi connectivity index (χ2v) is 8.73. The van der Waals surface area contributed by atoms with Crippen LogP contribution in [0.2, 0.25) is 0 Å². The number of nitrogens with zero attached hydrogens (tertiary/aromatic N) is 4. The Bertz CT molecular complexity index is 885. The van der Waals surface area contributed by atoms with Gasteiger partial charge in [-0.15, -0.1) is 10.2 Å². The first kappa shape index (κ1) is 19.3. The average molecular weight is 388 g/mol. The number of carbonyl (C=O) groups is 1. The summed E-state index contributed by atoms with van der Waals surface area (Å²) in [4.78, 5) is 16.4. The molecule has 1 aromatic heterocycles. The van der Waals surface area contributed by atoms with Gasteiger partial charge in [0.05, 0.1) is 11.5 Å². The van der Waals surface area contributed by atoms with E-state index in [-0.39, 0.29) is 29.1 Å². The van der Waals surface area contributed by atoms with Gasteiger partial charge in [0.1, 0.15) is 0 Å². The molecular weight excluding hydrogens is 364 g/mol. The van der Waals surface area contributed by atoms with Gasteiger partial charge < -0.3 is 9.80 Å². The van der Waals surface area contributed by atoms with Gasteiger partial charge in [-0.2, -0.15) is 0 Å². The summed E-state index contributed by atoms with van der Waals surface area (Å²) in [5, 5.41) is 8.35. The molecule has 0 N–H and O–H groups in total. The fourth-order valence-electron chi connectivity index (χ4n) is 3.40. The fraction of sp³-hybridized carbons (Fsp3) is 0.421. The minimum atomic E-state index is -3.05. The predicted molar refractivity (Wildman–Crippen MR) is 105 cm³/mol. The van der Waals surface area contributed by atoms with Crippen LogP contribution in [0.1, 0.15) is 30.8 Å². The number of sulfone groups is 1. The largest absolute Gasteiger partial charge is 0.333 e. The van der Waals surface area contributed by atoms with Gasteiger partial charge in [0, 0.05) is 24.8 Å². The van der Waals surface area contributed by atoms with Crippen LogP contribution < -0.4 is 4.90 Å². The SMILES string of the molecule is CCN(c1ccccc1)c1ccc(C(=O)N(CC)C2CCS(=O)(=O)C2)nn1. The molecule has 1 aliphatic rings. The van der Waals surface area contributed by atoms with Crippen molar-refractivity contribution in [1.29, 1.82) is 0 Å². The Morgan fingerprint density at radius 3 is 2.33 bits per heavy atom. The van der Waals surface area contributed by atoms with Crippen molar-refractivity contribution in [3.8, 4) is 0 Å². The highest BCUT2D eigenvalue weighted by Crippen LogP contribution is 2.23. The second kappa shape index (κ2) is 8.04. The number of carbonyl (C=O) groups excluding carboxylic acids is 1. The van der Waals surface area contributed by atoms with Gasteiger partial charge in [-0.3, -0.25) is 4.79 Å². The lowest BCUT2D eigenvalue weighted by Crippen LogP contribution is -2.41. The Labute approximate surface area is 159 Å². The van der Waals surface area contributed by atoms with Crippen molar-refractivity contribution in [3.05, 3.63) is 48.2 Å². The highest BCUT2D eigenvalue weighted by Gasteiger charge is 2.34. The van der Waals surface area contributed by atoms with E-state index in [0.29, 0.717) is 25.3 Å². The van der Waals surface area contributed by atoms with Gasteiger partial charge in [-0.05, 0) is 44.5 Å². The maximum Gasteiger partial charge on any atom is 0.274 e. The maximum absolute atomic E-state index is 12.8. The van der Waals surface area contributed by atoms with Crippen LogP contribution >= 0.6 is 0 Å². The van der Waals surface area contributed by atoms with E-state index in [4.69, 9.17) is 0 Å². The van der Waals surface area contributed by atoms with Crippen LogP contribution in [0.4, 0.5) is 11.5 Å². The van der Waals surface area contributed by atoms with Crippen LogP contribution in [0, 0.1) is 0 Å². The molecule has 2 aromatic rings. The second-order valence-electron chi connectivity index (χ2n) is 6.50. The predicted octanol–water partition coefficient (Wildman–Crippen LogP) is 2.28. The molecule has 1 amide bonds. The number of benzene rings is 1. The van der Waals surface area contributed by atoms with Crippen molar-refractivity contribution in [2.75, 3.05) is 29.5 Å². The highest BCUT2D eigenvalue weighted by molar-refractivity contribution is 7.91. The molecule has 27 heavy (non-hydrogen) atoms. The maximum atomic E-state index is 12.8. The Morgan fingerprint density at radius 2 is 1.81 bits per heavy atom. The van der Waals surface area contributed by atoms with E-state index >= 15 is 0 Å². The lowest BCUT2D eigenvalue weighted by molar-refractivity contribution is 0.0701. The van der Waals surface area contributed by atoms with E-state index in [9.17, 15) is 13.2 Å². The first-order valence-electron chi connectivity index (χ1n) is 9.13. The number of hydrogen-bond donors (Lipinski definition) is 0. The topological polar surface area (TPSA) is 83.5 Å². The normalized spacial score (nSPS) is 18.2. The van der Waals surface area contributed by atoms with Gasteiger partial charge in [-0.1, -0.05) is 18.2 Å². The van der Waals surface area contributed by atoms with Crippen molar-refractivity contribution in [2.45, 2.75) is 26.3 Å². The summed E-state index contributed by atoms with van der Waals surface area (Å²) in [7, 11) is -3.05. The number of amides is 1. The van der Waals surface area contributed by atoms with Gasteiger partial charge in [0.2, 0.25) is 0 Å². The van der Waals surface area contributed by atoms with Crippen LogP contribution in [0.25, 0.3) is 0 Å². The zero-order valence-corrected chi connectivity index (χ0v) is 16.4. The molecule has 0 spiro atoms. The third-order valence-corrected chi connectivity index (χ3v) is 6.53. The minimum absolute atomic E-state index is 0.0235. The molecule has 8 heteroatoms. The van der Waals surface area contributed by atoms with Crippen LogP contribution in [-0.2, 0) is 9.84 Å². The summed E-state index contributed by atoms with van der Waals surface area (Å²) >= 11 is 0. The Balaban J connectivity index is 1.78. The van der Waals surface area contributed by atoms with Crippen molar-refractivity contribution in [3.63, 3.8) is 0 Å². The molecule has 7 nitrogen and oxygen atoms in total. The number of aromatic nitrogens is 2. The van der Waals surface area contributed by atoms with Crippen LogP contribution in [0.5, 0.6) is 0 Å². The van der Waals surface area contributed by atoms with Gasteiger partial charge in [0.25, 0.3) is 5.91 Å². The van der Waals surface area contributed by atoms with Gasteiger partial charge >= 0.3 is 0 Å². The molecule has 2 heterocycles. The Kier molecular flexibility index (Phi) is 5.74. The fourth-order valence-corrected chi connectivity index (χ4v) is 5.13. The third-order valence-electron chi connectivity index (χ3n) is 4.78. The summed E-state index contributed by atoms with van der Waals surface area (Å²) < 4.78 is 23.5. The standard InChI is InChI=1S/C19H24N4O3S/c1-3-22(15-8-6-5-7-9-15)18-11-10-17(20-21-18)19(24)23(4-2)16-12-13-27(25,26)14-16/h5-11,16H,3-4,12-14H2,1-2H3. The first-order chi connectivity index (χ1) is 12.9. The van der Waals surface area contributed by atoms with E-state index in [2.05, 4.69) is 10.2 Å². The highest BCUT2D eigenvalue weighted by atomic mass is 32.2. The molecule has 1 unspecified atom stereocenters. The molecule has 144 valence electrons. The molecule has 1 fully saturated rings. The van der Waals surface area contributed by atoms with E-state index in [1.807, 2.05) is 49.1 Å². The van der Waals surface area contributed by atoms with E-state index in [0.717, 1.165) is 5.69 Å². The average Bonchev–Trinajstić information content (AvgIpc) is 3.04. The van der Waals surface area contributed by atoms with Crippen LogP contribution in [0.15, 0.2) is 42.5 Å². The minimum Gasteiger partial charge on any atom is -0.333 e. The van der Waals surface area contributed by atoms with Crippen molar-refractivity contribution >= 4 is 27.2 Å². The molecular formula is C19H24N4O3S. The van der Waals surface area contributed by atoms with Crippen LogP contribution in [0.3, 0.4) is 0 Å².